The maximum absolute atomic E-state index is 4.98. The largest absolute Gasteiger partial charge is 0.345 e. The Balaban J connectivity index is 1.49. The van der Waals surface area contributed by atoms with Gasteiger partial charge in [-0.25, -0.2) is 0 Å². The molecule has 5 aromatic carbocycles. The van der Waals surface area contributed by atoms with Crippen LogP contribution in [0, 0.1) is 0 Å². The predicted octanol–water partition coefficient (Wildman–Crippen LogP) is 5.81. The van der Waals surface area contributed by atoms with Crippen molar-refractivity contribution >= 4 is 48.2 Å². The lowest BCUT2D eigenvalue weighted by Gasteiger charge is -2.35. The van der Waals surface area contributed by atoms with Gasteiger partial charge in [-0.05, 0) is 38.7 Å². The Hall–Kier alpha value is -4.67. The second-order valence-electron chi connectivity index (χ2n) is 11.2. The van der Waals surface area contributed by atoms with E-state index < -0.39 is 8.07 Å². The van der Waals surface area contributed by atoms with E-state index >= 15 is 0 Å². The lowest BCUT2D eigenvalue weighted by atomic mass is 9.65. The van der Waals surface area contributed by atoms with E-state index in [4.69, 9.17) is 4.98 Å². The van der Waals surface area contributed by atoms with E-state index in [0.29, 0.717) is 0 Å². The van der Waals surface area contributed by atoms with Crippen molar-refractivity contribution in [1.29, 1.82) is 0 Å². The van der Waals surface area contributed by atoms with Crippen LogP contribution in [0.5, 0.6) is 0 Å². The van der Waals surface area contributed by atoms with Crippen LogP contribution in [0.4, 0.5) is 0 Å². The number of hydrogen-bond acceptors (Lipinski definition) is 1. The highest BCUT2D eigenvalue weighted by Crippen LogP contribution is 2.18. The summed E-state index contributed by atoms with van der Waals surface area (Å²) in [6, 6.07) is 53.1. The summed E-state index contributed by atoms with van der Waals surface area (Å²) in [6.45, 7) is 2.26. The maximum atomic E-state index is 4.98. The molecule has 0 aliphatic heterocycles. The van der Waals surface area contributed by atoms with E-state index in [0.717, 1.165) is 32.0 Å². The van der Waals surface area contributed by atoms with Crippen molar-refractivity contribution in [2.45, 2.75) is 25.9 Å². The molecule has 0 bridgehead atoms. The first-order valence-electron chi connectivity index (χ1n) is 15.3. The van der Waals surface area contributed by atoms with Crippen LogP contribution in [-0.2, 0) is 12.6 Å². The van der Waals surface area contributed by atoms with Crippen molar-refractivity contribution in [3.05, 3.63) is 175 Å². The molecular weight excluding hydrogens is 535 g/mol. The normalized spacial score (nSPS) is 11.8. The Morgan fingerprint density at radius 2 is 1.28 bits per heavy atom. The zero-order valence-electron chi connectivity index (χ0n) is 24.8. The van der Waals surface area contributed by atoms with Crippen molar-refractivity contribution < 1.29 is 0 Å². The third-order valence-electron chi connectivity index (χ3n) is 8.33. The van der Waals surface area contributed by atoms with Gasteiger partial charge >= 0.3 is 0 Å². The quantitative estimate of drug-likeness (QED) is 0.109. The van der Waals surface area contributed by atoms with Crippen LogP contribution in [0.1, 0.15) is 30.0 Å². The van der Waals surface area contributed by atoms with Gasteiger partial charge in [0.25, 0.3) is 0 Å². The first-order chi connectivity index (χ1) is 21.3. The molecule has 1 aromatic heterocycles. The number of hydrogen-bond donors (Lipinski definition) is 0. The fourth-order valence-corrected chi connectivity index (χ4v) is 10.9. The Kier molecular flexibility index (Phi) is 8.96. The number of aromatic nitrogens is 2. The van der Waals surface area contributed by atoms with E-state index in [-0.39, 0.29) is 0 Å². The number of nitrogens with zero attached hydrogens (tertiary/aromatic N) is 2. The molecule has 2 nitrogen and oxygen atoms in total. The predicted molar refractivity (Wildman–Crippen MR) is 188 cm³/mol. The summed E-state index contributed by atoms with van der Waals surface area (Å²) in [5, 5.41) is 4.27. The Labute approximate surface area is 257 Å². The van der Waals surface area contributed by atoms with Gasteiger partial charge in [-0.2, -0.15) is 0 Å². The minimum Gasteiger partial charge on any atom is -0.345 e. The van der Waals surface area contributed by atoms with Gasteiger partial charge < -0.3 is 4.57 Å². The highest BCUT2D eigenvalue weighted by atomic mass is 28.3. The van der Waals surface area contributed by atoms with Gasteiger partial charge in [0.2, 0.25) is 7.28 Å². The molecule has 0 atom stereocenters. The van der Waals surface area contributed by atoms with Gasteiger partial charge in [-0.15, -0.1) is 0 Å². The zero-order chi connectivity index (χ0) is 29.3. The van der Waals surface area contributed by atoms with Gasteiger partial charge in [0.15, 0.2) is 8.07 Å². The Morgan fingerprint density at radius 1 is 0.698 bits per heavy atom. The van der Waals surface area contributed by atoms with Crippen molar-refractivity contribution in [2.75, 3.05) is 0 Å². The summed E-state index contributed by atoms with van der Waals surface area (Å²) < 4.78 is 2.43. The van der Waals surface area contributed by atoms with Crippen LogP contribution >= 0.6 is 0 Å². The molecule has 0 amide bonds. The van der Waals surface area contributed by atoms with Gasteiger partial charge in [-0.1, -0.05) is 170 Å². The zero-order valence-corrected chi connectivity index (χ0v) is 25.8. The molecule has 6 rings (SSSR count). The average molecular weight is 573 g/mol. The van der Waals surface area contributed by atoms with Crippen LogP contribution in [0.25, 0.3) is 11.5 Å². The summed E-state index contributed by atoms with van der Waals surface area (Å²) in [5.41, 5.74) is 6.18. The molecule has 6 aromatic rings. The van der Waals surface area contributed by atoms with E-state index in [1.54, 1.807) is 0 Å². The van der Waals surface area contributed by atoms with Crippen molar-refractivity contribution in [3.63, 3.8) is 0 Å². The van der Waals surface area contributed by atoms with E-state index in [1.807, 2.05) is 6.20 Å². The third-order valence-corrected chi connectivity index (χ3v) is 13.1. The number of rotatable bonds is 11. The van der Waals surface area contributed by atoms with Crippen LogP contribution in [-0.4, -0.2) is 24.9 Å². The molecule has 4 heteroatoms. The SMILES string of the molecule is CCCc1cccc([Si](Cn2ccnc2BC(=Cc2ccccc2)c2ccccc2)(c2ccccc2)c2ccccc2)c1. The van der Waals surface area contributed by atoms with Gasteiger partial charge in [-0.3, -0.25) is 4.98 Å². The molecule has 0 saturated carbocycles. The summed E-state index contributed by atoms with van der Waals surface area (Å²) in [5.74, 6) is 0. The molecular formula is C39H37BN2Si. The monoisotopic (exact) mass is 572 g/mol. The fraction of sp³-hybridized carbons (Fsp3) is 0.103. The van der Waals surface area contributed by atoms with E-state index in [9.17, 15) is 0 Å². The molecule has 210 valence electrons. The number of imidazole rings is 1. The van der Waals surface area contributed by atoms with Gasteiger partial charge in [0, 0.05) is 18.6 Å². The Bertz CT molecular complexity index is 1720. The molecule has 1 heterocycles. The van der Waals surface area contributed by atoms with Gasteiger partial charge in [0.1, 0.15) is 0 Å². The molecule has 0 radical (unpaired) electrons. The Morgan fingerprint density at radius 3 is 1.91 bits per heavy atom. The average Bonchev–Trinajstić information content (AvgIpc) is 3.51. The summed E-state index contributed by atoms with van der Waals surface area (Å²) in [4.78, 5) is 4.98. The molecule has 0 aliphatic carbocycles. The summed E-state index contributed by atoms with van der Waals surface area (Å²) in [7, 11) is -1.78. The lowest BCUT2D eigenvalue weighted by molar-refractivity contribution is 0.893. The second kappa shape index (κ2) is 13.5. The van der Waals surface area contributed by atoms with Crippen LogP contribution in [0.15, 0.2) is 158 Å². The third kappa shape index (κ3) is 6.40. The maximum Gasteiger partial charge on any atom is 0.239 e. The molecule has 0 aliphatic rings. The smallest absolute Gasteiger partial charge is 0.239 e. The van der Waals surface area contributed by atoms with E-state index in [1.165, 1.54) is 37.7 Å². The standard InChI is InChI=1S/C39H37BN2Si/c1-2-16-32-19-15-26-37(29-32)43(35-22-11-5-12-23-35,36-24-13-6-14-25-36)31-42-28-27-41-39(42)40-38(34-20-9-4-10-21-34)30-33-17-7-3-8-18-33/h3-15,17-30,40H,2,16,31H2,1H3. The molecule has 0 N–H and O–H groups in total. The fourth-order valence-electron chi connectivity index (χ4n) is 6.22. The van der Waals surface area contributed by atoms with Crippen molar-refractivity contribution in [2.24, 2.45) is 0 Å². The van der Waals surface area contributed by atoms with Crippen molar-refractivity contribution in [1.82, 2.24) is 9.55 Å². The van der Waals surface area contributed by atoms with E-state index in [2.05, 4.69) is 169 Å². The van der Waals surface area contributed by atoms with Gasteiger partial charge in [0.05, 0.1) is 5.72 Å². The minimum absolute atomic E-state index is 0.746. The number of aryl methyl sites for hydroxylation is 1. The highest BCUT2D eigenvalue weighted by molar-refractivity contribution is 7.10. The van der Waals surface area contributed by atoms with Crippen LogP contribution in [0.2, 0.25) is 0 Å². The molecule has 43 heavy (non-hydrogen) atoms. The summed E-state index contributed by atoms with van der Waals surface area (Å²) >= 11 is 0. The molecule has 0 unspecified atom stereocenters. The minimum atomic E-state index is -2.52. The number of benzene rings is 5. The second-order valence-corrected chi connectivity index (χ2v) is 15.0. The molecule has 0 fully saturated rings. The first kappa shape index (κ1) is 28.5. The molecule has 0 saturated heterocycles. The molecule has 0 spiro atoms. The lowest BCUT2D eigenvalue weighted by Crippen LogP contribution is -2.70. The highest BCUT2D eigenvalue weighted by Gasteiger charge is 2.40. The van der Waals surface area contributed by atoms with Crippen LogP contribution in [0.3, 0.4) is 0 Å². The van der Waals surface area contributed by atoms with Crippen molar-refractivity contribution in [3.8, 4) is 0 Å². The summed E-state index contributed by atoms with van der Waals surface area (Å²) in [6.07, 6.45) is 9.56. The van der Waals surface area contributed by atoms with Crippen LogP contribution < -0.4 is 21.3 Å². The first-order valence-corrected chi connectivity index (χ1v) is 17.5. The topological polar surface area (TPSA) is 17.8 Å².